The summed E-state index contributed by atoms with van der Waals surface area (Å²) in [5.74, 6) is 3.27. The molecular weight excluding hydrogens is 288 g/mol. The maximum absolute atomic E-state index is 12.8. The van der Waals surface area contributed by atoms with E-state index in [1.807, 2.05) is 0 Å². The van der Waals surface area contributed by atoms with Crippen LogP contribution in [0.2, 0.25) is 0 Å². The van der Waals surface area contributed by atoms with Gasteiger partial charge in [0.15, 0.2) is 0 Å². The number of epoxide rings is 1. The van der Waals surface area contributed by atoms with E-state index in [1.54, 1.807) is 0 Å². The first-order chi connectivity index (χ1) is 11.2. The van der Waals surface area contributed by atoms with Crippen LogP contribution >= 0.6 is 0 Å². The van der Waals surface area contributed by atoms with Gasteiger partial charge in [0.25, 0.3) is 0 Å². The molecule has 0 aromatic rings. The molecule has 5 aliphatic carbocycles. The van der Waals surface area contributed by atoms with Gasteiger partial charge in [-0.1, -0.05) is 19.3 Å². The molecule has 0 aromatic carbocycles. The highest BCUT2D eigenvalue weighted by atomic mass is 16.6. The third-order valence-corrected chi connectivity index (χ3v) is 7.59. The lowest BCUT2D eigenvalue weighted by atomic mass is 9.49. The van der Waals surface area contributed by atoms with E-state index in [1.165, 1.54) is 51.4 Å². The molecule has 23 heavy (non-hydrogen) atoms. The molecule has 128 valence electrons. The Bertz CT molecular complexity index is 444. The number of carbonyl (C=O) groups is 1. The number of esters is 1. The first-order valence-electron chi connectivity index (χ1n) is 10.0. The van der Waals surface area contributed by atoms with E-state index in [0.29, 0.717) is 12.7 Å². The third kappa shape index (κ3) is 2.63. The topological polar surface area (TPSA) is 38.8 Å². The summed E-state index contributed by atoms with van der Waals surface area (Å²) in [4.78, 5) is 12.8. The molecule has 0 radical (unpaired) electrons. The first kappa shape index (κ1) is 14.7. The summed E-state index contributed by atoms with van der Waals surface area (Å²) in [7, 11) is 0. The molecule has 1 heterocycles. The van der Waals surface area contributed by atoms with Crippen molar-refractivity contribution in [1.29, 1.82) is 0 Å². The smallest absolute Gasteiger partial charge is 0.312 e. The third-order valence-electron chi connectivity index (χ3n) is 7.59. The van der Waals surface area contributed by atoms with Gasteiger partial charge in [-0.2, -0.15) is 0 Å². The van der Waals surface area contributed by atoms with Gasteiger partial charge in [-0.15, -0.1) is 0 Å². The van der Waals surface area contributed by atoms with Gasteiger partial charge in [-0.3, -0.25) is 4.79 Å². The van der Waals surface area contributed by atoms with Gasteiger partial charge in [0.05, 0.1) is 11.5 Å². The van der Waals surface area contributed by atoms with Crippen molar-refractivity contribution in [3.8, 4) is 0 Å². The molecule has 1 aliphatic heterocycles. The Morgan fingerprint density at radius 2 is 1.57 bits per heavy atom. The molecule has 3 heteroatoms. The van der Waals surface area contributed by atoms with Gasteiger partial charge in [-0.25, -0.2) is 0 Å². The second kappa shape index (κ2) is 5.47. The molecule has 0 amide bonds. The minimum Gasteiger partial charge on any atom is -0.462 e. The average Bonchev–Trinajstić information content (AvgIpc) is 3.32. The van der Waals surface area contributed by atoms with E-state index < -0.39 is 0 Å². The lowest BCUT2D eigenvalue weighted by molar-refractivity contribution is -0.172. The lowest BCUT2D eigenvalue weighted by Gasteiger charge is -2.55. The molecule has 0 spiro atoms. The van der Waals surface area contributed by atoms with Crippen molar-refractivity contribution >= 4 is 5.97 Å². The average molecular weight is 318 g/mol. The van der Waals surface area contributed by atoms with Gasteiger partial charge < -0.3 is 9.47 Å². The monoisotopic (exact) mass is 318 g/mol. The predicted molar refractivity (Wildman–Crippen MR) is 86.8 cm³/mol. The lowest BCUT2D eigenvalue weighted by Crippen LogP contribution is -2.50. The predicted octanol–water partition coefficient (Wildman–Crippen LogP) is 4.09. The largest absolute Gasteiger partial charge is 0.462 e. The maximum atomic E-state index is 12.8. The summed E-state index contributed by atoms with van der Waals surface area (Å²) in [5, 5.41) is 0. The van der Waals surface area contributed by atoms with Gasteiger partial charge in [0.2, 0.25) is 0 Å². The fourth-order valence-electron chi connectivity index (χ4n) is 6.84. The Kier molecular flexibility index (Phi) is 3.51. The first-order valence-corrected chi connectivity index (χ1v) is 10.0. The fraction of sp³-hybridized carbons (Fsp3) is 0.950. The molecule has 6 aliphatic rings. The summed E-state index contributed by atoms with van der Waals surface area (Å²) in [6, 6.07) is 0. The second-order valence-electron chi connectivity index (χ2n) is 9.33. The highest BCUT2D eigenvalue weighted by Gasteiger charge is 2.56. The summed E-state index contributed by atoms with van der Waals surface area (Å²) < 4.78 is 11.7. The Balaban J connectivity index is 1.16. The Labute approximate surface area is 139 Å². The van der Waals surface area contributed by atoms with Gasteiger partial charge in [-0.05, 0) is 75.0 Å². The van der Waals surface area contributed by atoms with Crippen molar-refractivity contribution in [3.63, 3.8) is 0 Å². The zero-order valence-corrected chi connectivity index (χ0v) is 14.2. The second-order valence-corrected chi connectivity index (χ2v) is 9.33. The van der Waals surface area contributed by atoms with Crippen LogP contribution in [0.25, 0.3) is 0 Å². The van der Waals surface area contributed by atoms with Gasteiger partial charge in [0.1, 0.15) is 12.7 Å². The van der Waals surface area contributed by atoms with Crippen molar-refractivity contribution in [3.05, 3.63) is 0 Å². The quantitative estimate of drug-likeness (QED) is 0.579. The van der Waals surface area contributed by atoms with Crippen LogP contribution in [-0.2, 0) is 14.3 Å². The molecule has 6 fully saturated rings. The zero-order chi connectivity index (χ0) is 15.4. The highest BCUT2D eigenvalue weighted by molar-refractivity contribution is 5.77. The number of hydrogen-bond acceptors (Lipinski definition) is 3. The minimum atomic E-state index is -0.107. The molecule has 3 nitrogen and oxygen atoms in total. The molecule has 2 atom stereocenters. The van der Waals surface area contributed by atoms with Crippen molar-refractivity contribution in [1.82, 2.24) is 0 Å². The van der Waals surface area contributed by atoms with E-state index in [-0.39, 0.29) is 17.5 Å². The SMILES string of the molecule is O=C(OCC1OC1C1CCCCC1)C12CC3CC(CC(C3)C1)C2. The fourth-order valence-corrected chi connectivity index (χ4v) is 6.84. The molecular formula is C20H30O3. The van der Waals surface area contributed by atoms with Gasteiger partial charge in [0, 0.05) is 0 Å². The Hall–Kier alpha value is -0.570. The van der Waals surface area contributed by atoms with E-state index in [2.05, 4.69) is 0 Å². The van der Waals surface area contributed by atoms with E-state index in [0.717, 1.165) is 42.9 Å². The van der Waals surface area contributed by atoms with Crippen molar-refractivity contribution in [2.45, 2.75) is 82.8 Å². The molecule has 0 aromatic heterocycles. The van der Waals surface area contributed by atoms with E-state index >= 15 is 0 Å². The standard InChI is InChI=1S/C20H30O3/c21-19(20-9-13-6-14(10-20)8-15(7-13)11-20)22-12-17-18(23-17)16-4-2-1-3-5-16/h13-18H,1-12H2. The summed E-state index contributed by atoms with van der Waals surface area (Å²) in [5.41, 5.74) is -0.107. The van der Waals surface area contributed by atoms with Crippen LogP contribution in [0.4, 0.5) is 0 Å². The normalized spacial score (nSPS) is 48.4. The van der Waals surface area contributed by atoms with Crippen LogP contribution in [0.3, 0.4) is 0 Å². The minimum absolute atomic E-state index is 0.107. The summed E-state index contributed by atoms with van der Waals surface area (Å²) >= 11 is 0. The van der Waals surface area contributed by atoms with E-state index in [9.17, 15) is 4.79 Å². The number of ether oxygens (including phenoxy) is 2. The van der Waals surface area contributed by atoms with Crippen molar-refractivity contribution in [2.75, 3.05) is 6.61 Å². The number of carbonyl (C=O) groups excluding carboxylic acids is 1. The van der Waals surface area contributed by atoms with E-state index in [4.69, 9.17) is 9.47 Å². The molecule has 5 saturated carbocycles. The zero-order valence-electron chi connectivity index (χ0n) is 14.2. The van der Waals surface area contributed by atoms with Crippen molar-refractivity contribution < 1.29 is 14.3 Å². The summed E-state index contributed by atoms with van der Waals surface area (Å²) in [6.45, 7) is 0.516. The van der Waals surface area contributed by atoms with Crippen LogP contribution in [0.15, 0.2) is 0 Å². The van der Waals surface area contributed by atoms with Crippen LogP contribution in [-0.4, -0.2) is 24.8 Å². The van der Waals surface area contributed by atoms with Crippen LogP contribution in [0.5, 0.6) is 0 Å². The maximum Gasteiger partial charge on any atom is 0.312 e. The van der Waals surface area contributed by atoms with Crippen LogP contribution < -0.4 is 0 Å². The molecule has 6 rings (SSSR count). The van der Waals surface area contributed by atoms with Crippen molar-refractivity contribution in [2.24, 2.45) is 29.1 Å². The summed E-state index contributed by atoms with van der Waals surface area (Å²) in [6.07, 6.45) is 14.7. The van der Waals surface area contributed by atoms with Crippen LogP contribution in [0.1, 0.15) is 70.6 Å². The van der Waals surface area contributed by atoms with Crippen LogP contribution in [0, 0.1) is 29.1 Å². The molecule has 2 unspecified atom stereocenters. The molecule has 0 N–H and O–H groups in total. The Morgan fingerprint density at radius 1 is 0.957 bits per heavy atom. The Morgan fingerprint density at radius 3 is 2.17 bits per heavy atom. The van der Waals surface area contributed by atoms with Gasteiger partial charge >= 0.3 is 5.97 Å². The number of hydrogen-bond donors (Lipinski definition) is 0. The number of rotatable bonds is 4. The highest BCUT2D eigenvalue weighted by Crippen LogP contribution is 2.60. The molecule has 4 bridgehead atoms. The molecule has 1 saturated heterocycles.